The largest absolute Gasteiger partial charge is 0.381 e. The van der Waals surface area contributed by atoms with Crippen molar-refractivity contribution in [3.05, 3.63) is 40.0 Å². The smallest absolute Gasteiger partial charge is 0.168 e. The SMILES string of the molecule is Cc1c(N)nnn1Cc1cccc(Br)c1. The lowest BCUT2D eigenvalue weighted by atomic mass is 10.2. The highest BCUT2D eigenvalue weighted by molar-refractivity contribution is 9.10. The molecule has 0 aliphatic heterocycles. The third-order valence-corrected chi connectivity index (χ3v) is 2.73. The predicted octanol–water partition coefficient (Wildman–Crippen LogP) is 1.98. The third-order valence-electron chi connectivity index (χ3n) is 2.24. The second kappa shape index (κ2) is 4.02. The van der Waals surface area contributed by atoms with E-state index in [1.54, 1.807) is 4.68 Å². The minimum atomic E-state index is 0.491. The number of nitrogens with zero attached hydrogens (tertiary/aromatic N) is 3. The fourth-order valence-electron chi connectivity index (χ4n) is 1.33. The molecule has 15 heavy (non-hydrogen) atoms. The van der Waals surface area contributed by atoms with Crippen molar-refractivity contribution in [2.45, 2.75) is 13.5 Å². The lowest BCUT2D eigenvalue weighted by Gasteiger charge is -2.03. The van der Waals surface area contributed by atoms with Gasteiger partial charge in [-0.25, -0.2) is 4.68 Å². The maximum absolute atomic E-state index is 5.62. The van der Waals surface area contributed by atoms with Crippen LogP contribution in [0.1, 0.15) is 11.3 Å². The van der Waals surface area contributed by atoms with Crippen LogP contribution in [0, 0.1) is 6.92 Å². The summed E-state index contributed by atoms with van der Waals surface area (Å²) in [5, 5.41) is 7.78. The molecule has 0 aliphatic carbocycles. The number of anilines is 1. The van der Waals surface area contributed by atoms with Gasteiger partial charge in [-0.15, -0.1) is 5.10 Å². The van der Waals surface area contributed by atoms with E-state index in [4.69, 9.17) is 5.73 Å². The van der Waals surface area contributed by atoms with Gasteiger partial charge in [0.15, 0.2) is 5.82 Å². The summed E-state index contributed by atoms with van der Waals surface area (Å²) in [6.07, 6.45) is 0. The first kappa shape index (κ1) is 10.2. The molecule has 0 spiro atoms. The molecule has 78 valence electrons. The van der Waals surface area contributed by atoms with Crippen molar-refractivity contribution in [1.82, 2.24) is 15.0 Å². The summed E-state index contributed by atoms with van der Waals surface area (Å²) in [5.41, 5.74) is 7.68. The molecule has 0 aliphatic rings. The lowest BCUT2D eigenvalue weighted by Crippen LogP contribution is -2.04. The molecule has 0 bridgehead atoms. The van der Waals surface area contributed by atoms with Gasteiger partial charge in [0, 0.05) is 4.47 Å². The molecule has 2 N–H and O–H groups in total. The number of nitrogen functional groups attached to an aromatic ring is 1. The van der Waals surface area contributed by atoms with Gasteiger partial charge in [-0.2, -0.15) is 0 Å². The van der Waals surface area contributed by atoms with E-state index in [1.807, 2.05) is 25.1 Å². The maximum Gasteiger partial charge on any atom is 0.168 e. The average Bonchev–Trinajstić information content (AvgIpc) is 2.50. The monoisotopic (exact) mass is 266 g/mol. The van der Waals surface area contributed by atoms with E-state index in [-0.39, 0.29) is 0 Å². The van der Waals surface area contributed by atoms with E-state index >= 15 is 0 Å². The minimum Gasteiger partial charge on any atom is -0.381 e. The summed E-state index contributed by atoms with van der Waals surface area (Å²) in [6, 6.07) is 8.08. The first-order valence-electron chi connectivity index (χ1n) is 4.57. The second-order valence-electron chi connectivity index (χ2n) is 3.35. The van der Waals surface area contributed by atoms with E-state index in [9.17, 15) is 0 Å². The molecular formula is C10H11BrN4. The molecule has 0 saturated heterocycles. The van der Waals surface area contributed by atoms with E-state index in [0.717, 1.165) is 15.7 Å². The van der Waals surface area contributed by atoms with Gasteiger partial charge in [-0.1, -0.05) is 33.3 Å². The van der Waals surface area contributed by atoms with Gasteiger partial charge >= 0.3 is 0 Å². The standard InChI is InChI=1S/C10H11BrN4/c1-7-10(12)13-14-15(7)6-8-3-2-4-9(11)5-8/h2-5H,6,12H2,1H3. The minimum absolute atomic E-state index is 0.491. The zero-order valence-corrected chi connectivity index (χ0v) is 9.90. The molecule has 1 aromatic heterocycles. The third kappa shape index (κ3) is 2.18. The topological polar surface area (TPSA) is 56.7 Å². The molecule has 0 unspecified atom stereocenters. The Kier molecular flexibility index (Phi) is 2.73. The zero-order valence-electron chi connectivity index (χ0n) is 8.31. The Bertz CT molecular complexity index is 478. The van der Waals surface area contributed by atoms with Crippen molar-refractivity contribution in [3.8, 4) is 0 Å². The van der Waals surface area contributed by atoms with Crippen LogP contribution in [0.2, 0.25) is 0 Å². The van der Waals surface area contributed by atoms with Crippen molar-refractivity contribution >= 4 is 21.7 Å². The number of hydrogen-bond donors (Lipinski definition) is 1. The quantitative estimate of drug-likeness (QED) is 0.905. The zero-order chi connectivity index (χ0) is 10.8. The Morgan fingerprint density at radius 3 is 2.87 bits per heavy atom. The van der Waals surface area contributed by atoms with Crippen molar-refractivity contribution in [2.24, 2.45) is 0 Å². The highest BCUT2D eigenvalue weighted by atomic mass is 79.9. The summed E-state index contributed by atoms with van der Waals surface area (Å²) in [6.45, 7) is 2.60. The molecular weight excluding hydrogens is 256 g/mol. The van der Waals surface area contributed by atoms with E-state index in [0.29, 0.717) is 12.4 Å². The number of rotatable bonds is 2. The molecule has 0 amide bonds. The molecule has 0 radical (unpaired) electrons. The fourth-order valence-corrected chi connectivity index (χ4v) is 1.78. The summed E-state index contributed by atoms with van der Waals surface area (Å²) < 4.78 is 2.85. The maximum atomic E-state index is 5.62. The Balaban J connectivity index is 2.26. The molecule has 5 heteroatoms. The van der Waals surface area contributed by atoms with E-state index < -0.39 is 0 Å². The number of hydrogen-bond acceptors (Lipinski definition) is 3. The molecule has 0 atom stereocenters. The van der Waals surface area contributed by atoms with Crippen LogP contribution < -0.4 is 5.73 Å². The molecule has 1 aromatic carbocycles. The molecule has 2 aromatic rings. The van der Waals surface area contributed by atoms with Gasteiger partial charge in [0.05, 0.1) is 12.2 Å². The van der Waals surface area contributed by atoms with Crippen molar-refractivity contribution in [1.29, 1.82) is 0 Å². The molecule has 2 rings (SSSR count). The first-order chi connectivity index (χ1) is 7.16. The van der Waals surface area contributed by atoms with Gasteiger partial charge in [0.25, 0.3) is 0 Å². The lowest BCUT2D eigenvalue weighted by molar-refractivity contribution is 0.633. The fraction of sp³-hybridized carbons (Fsp3) is 0.200. The van der Waals surface area contributed by atoms with Crippen LogP contribution in [0.4, 0.5) is 5.82 Å². The Morgan fingerprint density at radius 1 is 1.47 bits per heavy atom. The Morgan fingerprint density at radius 2 is 2.27 bits per heavy atom. The summed E-state index contributed by atoms with van der Waals surface area (Å²) in [4.78, 5) is 0. The van der Waals surface area contributed by atoms with Crippen LogP contribution in [0.15, 0.2) is 28.7 Å². The van der Waals surface area contributed by atoms with Gasteiger partial charge in [-0.3, -0.25) is 0 Å². The molecule has 0 fully saturated rings. The van der Waals surface area contributed by atoms with Gasteiger partial charge < -0.3 is 5.73 Å². The number of halogens is 1. The first-order valence-corrected chi connectivity index (χ1v) is 5.36. The average molecular weight is 267 g/mol. The highest BCUT2D eigenvalue weighted by Crippen LogP contribution is 2.14. The summed E-state index contributed by atoms with van der Waals surface area (Å²) >= 11 is 3.43. The molecule has 4 nitrogen and oxygen atoms in total. The number of benzene rings is 1. The highest BCUT2D eigenvalue weighted by Gasteiger charge is 2.05. The number of aromatic nitrogens is 3. The van der Waals surface area contributed by atoms with Crippen LogP contribution >= 0.6 is 15.9 Å². The normalized spacial score (nSPS) is 10.5. The van der Waals surface area contributed by atoms with Crippen LogP contribution in [-0.2, 0) is 6.54 Å². The van der Waals surface area contributed by atoms with Crippen molar-refractivity contribution in [3.63, 3.8) is 0 Å². The second-order valence-corrected chi connectivity index (χ2v) is 4.26. The summed E-state index contributed by atoms with van der Waals surface area (Å²) in [7, 11) is 0. The van der Waals surface area contributed by atoms with Gasteiger partial charge in [-0.05, 0) is 24.6 Å². The van der Waals surface area contributed by atoms with Crippen molar-refractivity contribution in [2.75, 3.05) is 5.73 Å². The van der Waals surface area contributed by atoms with E-state index in [2.05, 4.69) is 32.3 Å². The van der Waals surface area contributed by atoms with Crippen molar-refractivity contribution < 1.29 is 0 Å². The van der Waals surface area contributed by atoms with Crippen LogP contribution in [0.3, 0.4) is 0 Å². The number of nitrogens with two attached hydrogens (primary N) is 1. The van der Waals surface area contributed by atoms with Gasteiger partial charge in [0.2, 0.25) is 0 Å². The molecule has 0 saturated carbocycles. The predicted molar refractivity (Wildman–Crippen MR) is 62.4 cm³/mol. The van der Waals surface area contributed by atoms with E-state index in [1.165, 1.54) is 0 Å². The van der Waals surface area contributed by atoms with Crippen LogP contribution in [0.25, 0.3) is 0 Å². The molecule has 1 heterocycles. The van der Waals surface area contributed by atoms with Crippen LogP contribution in [0.5, 0.6) is 0 Å². The van der Waals surface area contributed by atoms with Gasteiger partial charge in [0.1, 0.15) is 0 Å². The van der Waals surface area contributed by atoms with Crippen LogP contribution in [-0.4, -0.2) is 15.0 Å². The summed E-state index contributed by atoms with van der Waals surface area (Å²) in [5.74, 6) is 0.491. The Labute approximate surface area is 96.2 Å². The Hall–Kier alpha value is -1.36.